The number of nitrogens with one attached hydrogen (secondary N) is 2. The lowest BCUT2D eigenvalue weighted by Crippen LogP contribution is -2.22. The summed E-state index contributed by atoms with van der Waals surface area (Å²) in [4.78, 5) is 29.1. The molecule has 2 aliphatic rings. The summed E-state index contributed by atoms with van der Waals surface area (Å²) in [6, 6.07) is 13.3. The van der Waals surface area contributed by atoms with Crippen LogP contribution in [0, 0.1) is 5.92 Å². The average Bonchev–Trinajstić information content (AvgIpc) is 3.73. The van der Waals surface area contributed by atoms with Gasteiger partial charge in [-0.3, -0.25) is 9.69 Å². The third-order valence-corrected chi connectivity index (χ3v) is 11.0. The van der Waals surface area contributed by atoms with Gasteiger partial charge in [0.2, 0.25) is 5.91 Å². The Kier molecular flexibility index (Phi) is 7.74. The summed E-state index contributed by atoms with van der Waals surface area (Å²) in [5, 5.41) is 3.59. The van der Waals surface area contributed by atoms with Crippen LogP contribution >= 0.6 is 11.3 Å². The molecule has 10 heteroatoms. The van der Waals surface area contributed by atoms with Crippen LogP contribution in [-0.2, 0) is 34.1 Å². The fraction of sp³-hybridized carbons (Fsp3) is 0.433. The summed E-state index contributed by atoms with van der Waals surface area (Å²) in [5.41, 5.74) is 5.07. The van der Waals surface area contributed by atoms with E-state index < -0.39 is 9.84 Å². The van der Waals surface area contributed by atoms with Crippen molar-refractivity contribution in [1.82, 2.24) is 19.9 Å². The molecule has 1 fully saturated rings. The van der Waals surface area contributed by atoms with Crippen molar-refractivity contribution in [2.75, 3.05) is 11.1 Å². The predicted octanol–water partition coefficient (Wildman–Crippen LogP) is 6.02. The fourth-order valence-corrected chi connectivity index (χ4v) is 8.58. The van der Waals surface area contributed by atoms with Crippen molar-refractivity contribution in [2.45, 2.75) is 75.9 Å². The number of anilines is 1. The van der Waals surface area contributed by atoms with E-state index in [-0.39, 0.29) is 24.1 Å². The molecule has 210 valence electrons. The molecule has 8 nitrogen and oxygen atoms in total. The van der Waals surface area contributed by atoms with Gasteiger partial charge in [0.1, 0.15) is 0 Å². The predicted molar refractivity (Wildman–Crippen MR) is 158 cm³/mol. The molecular formula is C30H35N5O3S2. The fourth-order valence-electron chi connectivity index (χ4n) is 6.09. The molecule has 3 heterocycles. The molecule has 1 amide bonds. The summed E-state index contributed by atoms with van der Waals surface area (Å²) < 4.78 is 25.5. The molecule has 1 saturated carbocycles. The van der Waals surface area contributed by atoms with Crippen molar-refractivity contribution in [3.8, 4) is 0 Å². The van der Waals surface area contributed by atoms with Gasteiger partial charge in [0.05, 0.1) is 46.2 Å². The highest BCUT2D eigenvalue weighted by molar-refractivity contribution is 7.91. The Labute approximate surface area is 239 Å². The van der Waals surface area contributed by atoms with Crippen LogP contribution in [0.15, 0.2) is 53.7 Å². The Morgan fingerprint density at radius 1 is 1.12 bits per heavy atom. The van der Waals surface area contributed by atoms with Gasteiger partial charge in [-0.25, -0.2) is 18.4 Å². The molecular weight excluding hydrogens is 542 g/mol. The monoisotopic (exact) mass is 577 g/mol. The Bertz CT molecular complexity index is 1600. The Balaban J connectivity index is 1.04. The Hall–Kier alpha value is -3.08. The molecule has 1 aliphatic carbocycles. The second-order valence-corrected chi connectivity index (χ2v) is 14.2. The molecule has 1 aliphatic heterocycles. The van der Waals surface area contributed by atoms with Crippen LogP contribution < -0.4 is 5.32 Å². The van der Waals surface area contributed by atoms with Crippen molar-refractivity contribution in [2.24, 2.45) is 5.92 Å². The number of fused-ring (bicyclic) bond motifs is 2. The molecule has 40 heavy (non-hydrogen) atoms. The summed E-state index contributed by atoms with van der Waals surface area (Å²) in [5.74, 6) is 0.585. The normalized spacial score (nSPS) is 18.0. The molecule has 6 rings (SSSR count). The number of rotatable bonds is 10. The molecule has 0 radical (unpaired) electrons. The maximum absolute atomic E-state index is 12.8. The number of H-pyrrole nitrogens is 1. The number of carbonyl (C=O) groups is 1. The van der Waals surface area contributed by atoms with Crippen molar-refractivity contribution in [1.29, 1.82) is 0 Å². The SMILES string of the molecule is CC[C@H]1c2nc(NC(=O)Cc3ccc(S(=O)(=O)CCC4CCCC4)cc3)sc2CN1Cc1ccc2nc[nH]c2c1. The van der Waals surface area contributed by atoms with Gasteiger partial charge >= 0.3 is 0 Å². The van der Waals surface area contributed by atoms with E-state index in [1.165, 1.54) is 34.6 Å². The van der Waals surface area contributed by atoms with E-state index >= 15 is 0 Å². The molecule has 0 spiro atoms. The van der Waals surface area contributed by atoms with Crippen molar-refractivity contribution in [3.63, 3.8) is 0 Å². The number of aromatic amines is 1. The third kappa shape index (κ3) is 5.84. The molecule has 0 saturated heterocycles. The van der Waals surface area contributed by atoms with E-state index in [4.69, 9.17) is 4.98 Å². The van der Waals surface area contributed by atoms with E-state index in [9.17, 15) is 13.2 Å². The summed E-state index contributed by atoms with van der Waals surface area (Å²) in [6.07, 6.45) is 8.28. The number of sulfone groups is 1. The van der Waals surface area contributed by atoms with Crippen LogP contribution in [0.25, 0.3) is 11.0 Å². The molecule has 0 bridgehead atoms. The van der Waals surface area contributed by atoms with E-state index in [0.717, 1.165) is 61.1 Å². The van der Waals surface area contributed by atoms with Gasteiger partial charge in [0, 0.05) is 18.0 Å². The van der Waals surface area contributed by atoms with Crippen molar-refractivity contribution in [3.05, 3.63) is 70.5 Å². The minimum atomic E-state index is -3.30. The summed E-state index contributed by atoms with van der Waals surface area (Å²) in [7, 11) is -3.30. The number of benzene rings is 2. The second-order valence-electron chi connectivity index (χ2n) is 11.0. The van der Waals surface area contributed by atoms with Gasteiger partial charge in [-0.1, -0.05) is 50.8 Å². The van der Waals surface area contributed by atoms with Crippen LogP contribution in [0.2, 0.25) is 0 Å². The van der Waals surface area contributed by atoms with Gasteiger partial charge in [0.25, 0.3) is 0 Å². The molecule has 2 N–H and O–H groups in total. The number of amides is 1. The summed E-state index contributed by atoms with van der Waals surface area (Å²) >= 11 is 1.54. The molecule has 1 atom stereocenters. The van der Waals surface area contributed by atoms with E-state index in [2.05, 4.69) is 39.2 Å². The Morgan fingerprint density at radius 2 is 1.90 bits per heavy atom. The zero-order chi connectivity index (χ0) is 27.7. The quantitative estimate of drug-likeness (QED) is 0.239. The van der Waals surface area contributed by atoms with Gasteiger partial charge in [-0.2, -0.15) is 0 Å². The first-order valence-electron chi connectivity index (χ1n) is 14.1. The maximum atomic E-state index is 12.8. The zero-order valence-electron chi connectivity index (χ0n) is 22.7. The van der Waals surface area contributed by atoms with E-state index in [1.54, 1.807) is 30.6 Å². The standard InChI is InChI=1S/C30H35N5O3S2/c1-2-26-29-27(18-35(26)17-22-9-12-24-25(15-22)32-19-31-24)39-30(34-29)33-28(36)16-21-7-10-23(11-8-21)40(37,38)14-13-20-5-3-4-6-20/h7-12,15,19-20,26H,2-6,13-14,16-18H2,1H3,(H,31,32)(H,33,34,36)/t26-/m0/s1. The average molecular weight is 578 g/mol. The van der Waals surface area contributed by atoms with Gasteiger partial charge in [0.15, 0.2) is 15.0 Å². The maximum Gasteiger partial charge on any atom is 0.230 e. The number of carbonyl (C=O) groups excluding carboxylic acids is 1. The lowest BCUT2D eigenvalue weighted by Gasteiger charge is -2.23. The first-order chi connectivity index (χ1) is 19.4. The largest absolute Gasteiger partial charge is 0.345 e. The van der Waals surface area contributed by atoms with E-state index in [0.29, 0.717) is 15.9 Å². The highest BCUT2D eigenvalue weighted by atomic mass is 32.2. The minimum absolute atomic E-state index is 0.151. The number of aromatic nitrogens is 3. The lowest BCUT2D eigenvalue weighted by atomic mass is 10.1. The van der Waals surface area contributed by atoms with Gasteiger partial charge < -0.3 is 10.3 Å². The van der Waals surface area contributed by atoms with Crippen LogP contribution in [0.5, 0.6) is 0 Å². The van der Waals surface area contributed by atoms with Crippen LogP contribution in [-0.4, -0.2) is 39.9 Å². The molecule has 2 aromatic heterocycles. The molecule has 4 aromatic rings. The highest BCUT2D eigenvalue weighted by Crippen LogP contribution is 2.41. The number of nitrogens with zero attached hydrogens (tertiary/aromatic N) is 3. The Morgan fingerprint density at radius 3 is 2.67 bits per heavy atom. The zero-order valence-corrected chi connectivity index (χ0v) is 24.4. The smallest absolute Gasteiger partial charge is 0.230 e. The number of imidazole rings is 1. The van der Waals surface area contributed by atoms with E-state index in [1.807, 2.05) is 6.07 Å². The van der Waals surface area contributed by atoms with Crippen molar-refractivity contribution >= 4 is 43.2 Å². The number of hydrogen-bond acceptors (Lipinski definition) is 7. The lowest BCUT2D eigenvalue weighted by molar-refractivity contribution is -0.115. The first kappa shape index (κ1) is 27.1. The highest BCUT2D eigenvalue weighted by Gasteiger charge is 2.33. The van der Waals surface area contributed by atoms with Crippen LogP contribution in [0.1, 0.15) is 73.2 Å². The number of thiazole rings is 1. The topological polar surface area (TPSA) is 108 Å². The molecule has 0 unspecified atom stereocenters. The van der Waals surface area contributed by atoms with Crippen LogP contribution in [0.4, 0.5) is 5.13 Å². The summed E-state index contributed by atoms with van der Waals surface area (Å²) in [6.45, 7) is 3.80. The minimum Gasteiger partial charge on any atom is -0.345 e. The number of hydrogen-bond donors (Lipinski definition) is 2. The molecule has 2 aromatic carbocycles. The van der Waals surface area contributed by atoms with Crippen molar-refractivity contribution < 1.29 is 13.2 Å². The van der Waals surface area contributed by atoms with Crippen LogP contribution in [0.3, 0.4) is 0 Å². The second kappa shape index (κ2) is 11.4. The third-order valence-electron chi connectivity index (χ3n) is 8.25. The van der Waals surface area contributed by atoms with Gasteiger partial charge in [-0.05, 0) is 54.2 Å². The first-order valence-corrected chi connectivity index (χ1v) is 16.6. The van der Waals surface area contributed by atoms with Gasteiger partial charge in [-0.15, -0.1) is 11.3 Å².